The Morgan fingerprint density at radius 1 is 1.27 bits per heavy atom. The second-order valence-electron chi connectivity index (χ2n) is 3.33. The van der Waals surface area contributed by atoms with E-state index in [0.29, 0.717) is 22.2 Å². The zero-order chi connectivity index (χ0) is 10.4. The third-order valence-corrected chi connectivity index (χ3v) is 2.40. The van der Waals surface area contributed by atoms with E-state index in [-0.39, 0.29) is 11.7 Å². The maximum absolute atomic E-state index is 11.3. The summed E-state index contributed by atoms with van der Waals surface area (Å²) in [5.41, 5.74) is 1.68. The first-order valence-corrected chi connectivity index (χ1v) is 4.47. The molecule has 1 aromatic carbocycles. The number of phenols is 1. The standard InChI is InChI=1S/C11H6N2O2/c14-10-3-1-2-8-6(10)4-7-9(13-8)5-12-11(7)15/h1-5,14H. The summed E-state index contributed by atoms with van der Waals surface area (Å²) in [6.07, 6.45) is 1.45. The highest BCUT2D eigenvalue weighted by molar-refractivity contribution is 6.14. The van der Waals surface area contributed by atoms with Gasteiger partial charge in [0.15, 0.2) is 0 Å². The van der Waals surface area contributed by atoms with Crippen LogP contribution >= 0.6 is 0 Å². The van der Waals surface area contributed by atoms with Crippen molar-refractivity contribution in [3.05, 3.63) is 35.5 Å². The molecule has 1 aliphatic rings. The van der Waals surface area contributed by atoms with Crippen LogP contribution in [-0.4, -0.2) is 22.2 Å². The molecule has 0 spiro atoms. The smallest absolute Gasteiger partial charge is 0.279 e. The van der Waals surface area contributed by atoms with Gasteiger partial charge in [-0.05, 0) is 18.2 Å². The van der Waals surface area contributed by atoms with E-state index >= 15 is 0 Å². The topological polar surface area (TPSA) is 62.5 Å². The molecule has 1 aliphatic heterocycles. The SMILES string of the molecule is O=C1N=Cc2nc3cccc(O)c3cc21. The number of hydrogen-bond acceptors (Lipinski definition) is 3. The van der Waals surface area contributed by atoms with Gasteiger partial charge in [-0.15, -0.1) is 0 Å². The molecule has 4 nitrogen and oxygen atoms in total. The predicted octanol–water partition coefficient (Wildman–Crippen LogP) is 1.51. The van der Waals surface area contributed by atoms with Crippen molar-refractivity contribution >= 4 is 23.0 Å². The molecule has 1 aromatic heterocycles. The fourth-order valence-corrected chi connectivity index (χ4v) is 1.65. The van der Waals surface area contributed by atoms with Crippen molar-refractivity contribution in [3.8, 4) is 5.75 Å². The molecule has 2 aromatic rings. The number of hydrogen-bond donors (Lipinski definition) is 1. The number of amides is 1. The summed E-state index contributed by atoms with van der Waals surface area (Å²) in [7, 11) is 0. The maximum atomic E-state index is 11.3. The van der Waals surface area contributed by atoms with Crippen LogP contribution in [-0.2, 0) is 0 Å². The largest absolute Gasteiger partial charge is 0.507 e. The summed E-state index contributed by atoms with van der Waals surface area (Å²) in [4.78, 5) is 19.2. The maximum Gasteiger partial charge on any atom is 0.279 e. The van der Waals surface area contributed by atoms with E-state index in [1.54, 1.807) is 24.3 Å². The lowest BCUT2D eigenvalue weighted by Gasteiger charge is -2.01. The van der Waals surface area contributed by atoms with E-state index < -0.39 is 0 Å². The van der Waals surface area contributed by atoms with Crippen LogP contribution < -0.4 is 0 Å². The first-order chi connectivity index (χ1) is 7.25. The molecule has 0 saturated heterocycles. The minimum absolute atomic E-state index is 0.127. The van der Waals surface area contributed by atoms with Crippen LogP contribution in [0, 0.1) is 0 Å². The number of nitrogens with zero attached hydrogens (tertiary/aromatic N) is 2. The Labute approximate surface area is 84.9 Å². The Hall–Kier alpha value is -2.23. The number of pyridine rings is 1. The normalized spacial score (nSPS) is 13.5. The fourth-order valence-electron chi connectivity index (χ4n) is 1.65. The summed E-state index contributed by atoms with van der Waals surface area (Å²) in [6.45, 7) is 0. The minimum Gasteiger partial charge on any atom is -0.507 e. The van der Waals surface area contributed by atoms with E-state index in [0.717, 1.165) is 0 Å². The van der Waals surface area contributed by atoms with Gasteiger partial charge in [0, 0.05) is 5.39 Å². The Bertz CT molecular complexity index is 617. The molecule has 15 heavy (non-hydrogen) atoms. The number of aromatic hydroxyl groups is 1. The van der Waals surface area contributed by atoms with Crippen LogP contribution in [0.15, 0.2) is 29.3 Å². The van der Waals surface area contributed by atoms with Gasteiger partial charge >= 0.3 is 0 Å². The summed E-state index contributed by atoms with van der Waals surface area (Å²) >= 11 is 0. The van der Waals surface area contributed by atoms with Crippen molar-refractivity contribution in [1.29, 1.82) is 0 Å². The fraction of sp³-hybridized carbons (Fsp3) is 0. The summed E-state index contributed by atoms with van der Waals surface area (Å²) in [5, 5.41) is 10.2. The molecule has 0 saturated carbocycles. The summed E-state index contributed by atoms with van der Waals surface area (Å²) < 4.78 is 0. The van der Waals surface area contributed by atoms with Crippen LogP contribution in [0.1, 0.15) is 16.1 Å². The summed E-state index contributed by atoms with van der Waals surface area (Å²) in [6, 6.07) is 6.69. The molecule has 3 rings (SSSR count). The van der Waals surface area contributed by atoms with Crippen molar-refractivity contribution in [2.75, 3.05) is 0 Å². The van der Waals surface area contributed by atoms with E-state index in [1.165, 1.54) is 6.21 Å². The van der Waals surface area contributed by atoms with Crippen molar-refractivity contribution in [2.45, 2.75) is 0 Å². The van der Waals surface area contributed by atoms with Crippen LogP contribution in [0.5, 0.6) is 5.75 Å². The zero-order valence-electron chi connectivity index (χ0n) is 7.64. The molecule has 2 heterocycles. The highest BCUT2D eigenvalue weighted by Crippen LogP contribution is 2.26. The van der Waals surface area contributed by atoms with Crippen molar-refractivity contribution in [3.63, 3.8) is 0 Å². The van der Waals surface area contributed by atoms with Crippen LogP contribution in [0.4, 0.5) is 0 Å². The highest BCUT2D eigenvalue weighted by Gasteiger charge is 2.18. The van der Waals surface area contributed by atoms with Crippen molar-refractivity contribution in [2.24, 2.45) is 4.99 Å². The summed E-state index contributed by atoms with van der Waals surface area (Å²) in [5.74, 6) is -0.176. The van der Waals surface area contributed by atoms with E-state index in [2.05, 4.69) is 9.98 Å². The Morgan fingerprint density at radius 2 is 2.13 bits per heavy atom. The molecule has 0 aliphatic carbocycles. The van der Waals surface area contributed by atoms with Crippen LogP contribution in [0.3, 0.4) is 0 Å². The van der Waals surface area contributed by atoms with Gasteiger partial charge in [0.2, 0.25) is 0 Å². The minimum atomic E-state index is -0.303. The molecule has 0 atom stereocenters. The van der Waals surface area contributed by atoms with Crippen molar-refractivity contribution < 1.29 is 9.90 Å². The molecule has 4 heteroatoms. The van der Waals surface area contributed by atoms with E-state index in [1.807, 2.05) is 0 Å². The first kappa shape index (κ1) is 8.11. The number of phenolic OH excluding ortho intramolecular Hbond substituents is 1. The molecule has 1 amide bonds. The number of carbonyl (C=O) groups excluding carboxylic acids is 1. The quantitative estimate of drug-likeness (QED) is 0.697. The zero-order valence-corrected chi connectivity index (χ0v) is 7.64. The van der Waals surface area contributed by atoms with Gasteiger partial charge in [-0.1, -0.05) is 6.07 Å². The molecule has 0 unspecified atom stereocenters. The third kappa shape index (κ3) is 1.05. The molecular formula is C11H6N2O2. The lowest BCUT2D eigenvalue weighted by Crippen LogP contribution is -1.95. The van der Waals surface area contributed by atoms with Crippen molar-refractivity contribution in [1.82, 2.24) is 4.98 Å². The number of aliphatic imine (C=N–C) groups is 1. The molecule has 72 valence electrons. The number of fused-ring (bicyclic) bond motifs is 2. The number of rotatable bonds is 0. The number of benzene rings is 1. The lowest BCUT2D eigenvalue weighted by atomic mass is 10.1. The molecule has 0 radical (unpaired) electrons. The van der Waals surface area contributed by atoms with E-state index in [4.69, 9.17) is 0 Å². The second-order valence-corrected chi connectivity index (χ2v) is 3.33. The Kier molecular flexibility index (Phi) is 1.42. The third-order valence-electron chi connectivity index (χ3n) is 2.40. The highest BCUT2D eigenvalue weighted by atomic mass is 16.3. The molecule has 0 bridgehead atoms. The molecule has 1 N–H and O–H groups in total. The Morgan fingerprint density at radius 3 is 3.00 bits per heavy atom. The number of carbonyl (C=O) groups is 1. The van der Waals surface area contributed by atoms with Gasteiger partial charge in [-0.2, -0.15) is 0 Å². The monoisotopic (exact) mass is 198 g/mol. The van der Waals surface area contributed by atoms with E-state index in [9.17, 15) is 9.90 Å². The molecular weight excluding hydrogens is 192 g/mol. The van der Waals surface area contributed by atoms with Gasteiger partial charge in [-0.3, -0.25) is 4.79 Å². The predicted molar refractivity (Wildman–Crippen MR) is 55.3 cm³/mol. The van der Waals surface area contributed by atoms with Gasteiger partial charge < -0.3 is 5.11 Å². The average molecular weight is 198 g/mol. The van der Waals surface area contributed by atoms with Gasteiger partial charge in [0.05, 0.1) is 23.0 Å². The average Bonchev–Trinajstić information content (AvgIpc) is 2.59. The Balaban J connectivity index is 2.44. The molecule has 0 fully saturated rings. The number of aromatic nitrogens is 1. The first-order valence-electron chi connectivity index (χ1n) is 4.47. The lowest BCUT2D eigenvalue weighted by molar-refractivity contribution is 0.101. The van der Waals surface area contributed by atoms with Gasteiger partial charge in [-0.25, -0.2) is 9.98 Å². The van der Waals surface area contributed by atoms with Gasteiger partial charge in [0.25, 0.3) is 5.91 Å². The second kappa shape index (κ2) is 2.63. The van der Waals surface area contributed by atoms with Crippen LogP contribution in [0.2, 0.25) is 0 Å². The van der Waals surface area contributed by atoms with Gasteiger partial charge in [0.1, 0.15) is 5.75 Å². The van der Waals surface area contributed by atoms with Crippen LogP contribution in [0.25, 0.3) is 10.9 Å².